The van der Waals surface area contributed by atoms with Crippen LogP contribution in [0.5, 0.6) is 0 Å². The number of benzene rings is 5. The third kappa shape index (κ3) is 8.59. The van der Waals surface area contributed by atoms with Crippen molar-refractivity contribution in [3.8, 4) is 0 Å². The lowest BCUT2D eigenvalue weighted by Crippen LogP contribution is -2.30. The van der Waals surface area contributed by atoms with E-state index in [-0.39, 0.29) is 16.6 Å². The van der Waals surface area contributed by atoms with Crippen LogP contribution in [0.15, 0.2) is 138 Å². The first-order valence-electron chi connectivity index (χ1n) is 14.0. The monoisotopic (exact) mass is 685 g/mol. The quantitative estimate of drug-likeness (QED) is 0.101. The van der Waals surface area contributed by atoms with E-state index in [0.29, 0.717) is 37.4 Å². The number of hydrogen-bond donors (Lipinski definition) is 3. The van der Waals surface area contributed by atoms with E-state index in [9.17, 15) is 14.4 Å². The van der Waals surface area contributed by atoms with Crippen LogP contribution in [0.1, 0.15) is 26.7 Å². The van der Waals surface area contributed by atoms with Crippen molar-refractivity contribution in [1.29, 1.82) is 0 Å². The van der Waals surface area contributed by atoms with Crippen LogP contribution in [0.3, 0.4) is 0 Å². The minimum Gasteiger partial charge on any atom is -0.323 e. The Morgan fingerprint density at radius 2 is 1.33 bits per heavy atom. The first-order valence-corrected chi connectivity index (χ1v) is 16.0. The molecule has 1 atom stereocenters. The van der Waals surface area contributed by atoms with Gasteiger partial charge in [-0.2, -0.15) is 0 Å². The summed E-state index contributed by atoms with van der Waals surface area (Å²) in [6.45, 7) is 0. The van der Waals surface area contributed by atoms with Gasteiger partial charge in [0, 0.05) is 21.2 Å². The van der Waals surface area contributed by atoms with Gasteiger partial charge >= 0.3 is 0 Å². The molecule has 0 saturated heterocycles. The Hall–Kier alpha value is -4.53. The third-order valence-corrected chi connectivity index (χ3v) is 9.04. The number of hydrogen-bond acceptors (Lipinski definition) is 4. The summed E-state index contributed by atoms with van der Waals surface area (Å²) in [4.78, 5) is 40.9. The van der Waals surface area contributed by atoms with Gasteiger partial charge in [-0.15, -0.1) is 11.8 Å². The van der Waals surface area contributed by atoms with E-state index in [1.165, 1.54) is 17.8 Å². The average Bonchev–Trinajstić information content (AvgIpc) is 3.07. The Kier molecular flexibility index (Phi) is 11.2. The van der Waals surface area contributed by atoms with Crippen molar-refractivity contribution in [2.75, 3.05) is 10.6 Å². The number of anilines is 2. The highest BCUT2D eigenvalue weighted by Gasteiger charge is 2.24. The number of nitrogens with one attached hydrogen (secondary N) is 3. The van der Waals surface area contributed by atoms with E-state index in [4.69, 9.17) is 34.8 Å². The Morgan fingerprint density at radius 1 is 0.674 bits per heavy atom. The maximum Gasteiger partial charge on any atom is 0.272 e. The van der Waals surface area contributed by atoms with Crippen molar-refractivity contribution in [3.05, 3.63) is 165 Å². The number of rotatable bonds is 10. The Morgan fingerprint density at radius 3 is 2.07 bits per heavy atom. The topological polar surface area (TPSA) is 87.3 Å². The maximum atomic E-state index is 13.6. The van der Waals surface area contributed by atoms with Crippen LogP contribution >= 0.6 is 46.6 Å². The molecule has 0 aliphatic carbocycles. The van der Waals surface area contributed by atoms with Gasteiger partial charge in [0.05, 0.1) is 15.7 Å². The summed E-state index contributed by atoms with van der Waals surface area (Å²) in [5.74, 6) is -1.31. The molecular weight excluding hydrogens is 661 g/mol. The van der Waals surface area contributed by atoms with Gasteiger partial charge in [0.1, 0.15) is 10.9 Å². The molecule has 5 rings (SSSR count). The smallest absolute Gasteiger partial charge is 0.272 e. The van der Waals surface area contributed by atoms with Gasteiger partial charge in [-0.05, 0) is 65.7 Å². The Bertz CT molecular complexity index is 1900. The molecule has 3 amide bonds. The second-order valence-electron chi connectivity index (χ2n) is 9.88. The molecule has 46 heavy (non-hydrogen) atoms. The zero-order valence-corrected chi connectivity index (χ0v) is 27.1. The molecule has 5 aromatic carbocycles. The fourth-order valence-corrected chi connectivity index (χ4v) is 5.99. The maximum absolute atomic E-state index is 13.6. The van der Waals surface area contributed by atoms with Crippen molar-refractivity contribution in [3.63, 3.8) is 0 Å². The summed E-state index contributed by atoms with van der Waals surface area (Å²) in [6, 6.07) is 37.0. The van der Waals surface area contributed by atoms with Gasteiger partial charge in [0.25, 0.3) is 11.8 Å². The van der Waals surface area contributed by atoms with E-state index in [0.717, 1.165) is 5.56 Å². The molecule has 0 aliphatic heterocycles. The largest absolute Gasteiger partial charge is 0.323 e. The molecule has 0 fully saturated rings. The lowest BCUT2D eigenvalue weighted by Gasteiger charge is -2.18. The third-order valence-electron chi connectivity index (χ3n) is 6.63. The van der Waals surface area contributed by atoms with E-state index in [1.807, 2.05) is 36.4 Å². The van der Waals surface area contributed by atoms with E-state index in [2.05, 4.69) is 16.0 Å². The molecule has 3 N–H and O–H groups in total. The van der Waals surface area contributed by atoms with Gasteiger partial charge in [-0.3, -0.25) is 14.4 Å². The minimum atomic E-state index is -0.664. The summed E-state index contributed by atoms with van der Waals surface area (Å²) in [7, 11) is 0. The molecular formula is C36H26Cl3N3O3S. The Balaban J connectivity index is 1.39. The van der Waals surface area contributed by atoms with Crippen LogP contribution < -0.4 is 16.0 Å². The predicted molar refractivity (Wildman–Crippen MR) is 189 cm³/mol. The molecule has 0 bridgehead atoms. The fourth-order valence-electron chi connectivity index (χ4n) is 4.37. The number of halogens is 3. The van der Waals surface area contributed by atoms with Crippen LogP contribution in [-0.4, -0.2) is 17.7 Å². The summed E-state index contributed by atoms with van der Waals surface area (Å²) in [5, 5.41) is 8.80. The molecule has 10 heteroatoms. The van der Waals surface area contributed by atoms with Crippen molar-refractivity contribution >= 4 is 81.7 Å². The molecule has 6 nitrogen and oxygen atoms in total. The standard InChI is InChI=1S/C36H26Cl3N3O3S/c37-28-18-8-7-15-25(28)21-31(42-34(43)24-13-5-2-6-14-24)35(44)40-26-16-9-17-27(22-26)46-33(23-11-3-1-4-12-23)36(45)41-30-20-10-19-29(38)32(30)39/h1-22,33H,(H,40,44)(H,41,45)(H,42,43)/b31-21+. The van der Waals surface area contributed by atoms with Crippen molar-refractivity contribution < 1.29 is 14.4 Å². The summed E-state index contributed by atoms with van der Waals surface area (Å²) in [5.41, 5.74) is 2.58. The van der Waals surface area contributed by atoms with Gasteiger partial charge in [-0.1, -0.05) is 114 Å². The zero-order chi connectivity index (χ0) is 32.5. The Labute approximate surface area is 285 Å². The van der Waals surface area contributed by atoms with Gasteiger partial charge in [0.15, 0.2) is 0 Å². The highest BCUT2D eigenvalue weighted by Crippen LogP contribution is 2.38. The number of carbonyl (C=O) groups is 3. The first-order chi connectivity index (χ1) is 22.3. The molecule has 5 aromatic rings. The fraction of sp³-hybridized carbons (Fsp3) is 0.0278. The van der Waals surface area contributed by atoms with Gasteiger partial charge in [-0.25, -0.2) is 0 Å². The first kappa shape index (κ1) is 32.9. The minimum absolute atomic E-state index is 0.0000466. The second kappa shape index (κ2) is 15.7. The van der Waals surface area contributed by atoms with Crippen LogP contribution in [0.4, 0.5) is 11.4 Å². The van der Waals surface area contributed by atoms with Crippen molar-refractivity contribution in [2.24, 2.45) is 0 Å². The number of amides is 3. The highest BCUT2D eigenvalue weighted by atomic mass is 35.5. The molecule has 1 unspecified atom stereocenters. The van der Waals surface area contributed by atoms with Gasteiger partial charge < -0.3 is 16.0 Å². The normalized spacial score (nSPS) is 11.8. The van der Waals surface area contributed by atoms with Crippen LogP contribution in [0, 0.1) is 0 Å². The van der Waals surface area contributed by atoms with Crippen LogP contribution in [0.2, 0.25) is 15.1 Å². The van der Waals surface area contributed by atoms with E-state index in [1.54, 1.807) is 91.0 Å². The predicted octanol–water partition coefficient (Wildman–Crippen LogP) is 9.53. The molecule has 0 radical (unpaired) electrons. The number of carbonyl (C=O) groups excluding carboxylic acids is 3. The lowest BCUT2D eigenvalue weighted by molar-refractivity contribution is -0.116. The van der Waals surface area contributed by atoms with Gasteiger partial charge in [0.2, 0.25) is 5.91 Å². The molecule has 0 saturated carbocycles. The second-order valence-corrected chi connectivity index (χ2v) is 12.3. The van der Waals surface area contributed by atoms with Crippen LogP contribution in [0.25, 0.3) is 6.08 Å². The van der Waals surface area contributed by atoms with E-state index >= 15 is 0 Å². The molecule has 230 valence electrons. The molecule has 0 spiro atoms. The highest BCUT2D eigenvalue weighted by molar-refractivity contribution is 8.00. The van der Waals surface area contributed by atoms with Crippen molar-refractivity contribution in [1.82, 2.24) is 5.32 Å². The molecule has 0 aliphatic rings. The molecule has 0 aromatic heterocycles. The average molecular weight is 687 g/mol. The lowest BCUT2D eigenvalue weighted by atomic mass is 10.1. The zero-order valence-electron chi connectivity index (χ0n) is 24.0. The van der Waals surface area contributed by atoms with Crippen LogP contribution in [-0.2, 0) is 9.59 Å². The van der Waals surface area contributed by atoms with E-state index < -0.39 is 17.1 Å². The molecule has 0 heterocycles. The summed E-state index contributed by atoms with van der Waals surface area (Å²) in [6.07, 6.45) is 1.52. The summed E-state index contributed by atoms with van der Waals surface area (Å²) < 4.78 is 0. The summed E-state index contributed by atoms with van der Waals surface area (Å²) >= 11 is 20.2. The van der Waals surface area contributed by atoms with Crippen molar-refractivity contribution in [2.45, 2.75) is 10.1 Å². The SMILES string of the molecule is O=C(Nc1cccc(SC(C(=O)Nc2cccc(Cl)c2Cl)c2ccccc2)c1)/C(=C\c1ccccc1Cl)NC(=O)c1ccccc1. The number of thioether (sulfide) groups is 1.